The van der Waals surface area contributed by atoms with Crippen molar-refractivity contribution in [2.45, 2.75) is 25.2 Å². The van der Waals surface area contributed by atoms with Gasteiger partial charge in [0.2, 0.25) is 0 Å². The summed E-state index contributed by atoms with van der Waals surface area (Å²) in [6.45, 7) is 0. The highest BCUT2D eigenvalue weighted by molar-refractivity contribution is 7.99. The second-order valence-corrected chi connectivity index (χ2v) is 4.99. The van der Waals surface area contributed by atoms with Crippen LogP contribution in [0, 0.1) is 0 Å². The van der Waals surface area contributed by atoms with Gasteiger partial charge < -0.3 is 9.52 Å². The fraction of sp³-hybridized carbons (Fsp3) is 0.545. The summed E-state index contributed by atoms with van der Waals surface area (Å²) >= 11 is 1.97. The molecule has 1 aromatic rings. The first kappa shape index (κ1) is 10.6. The van der Waals surface area contributed by atoms with E-state index in [1.807, 2.05) is 17.8 Å². The molecule has 0 aromatic carbocycles. The summed E-state index contributed by atoms with van der Waals surface area (Å²) in [5, 5.41) is 8.62. The zero-order valence-electron chi connectivity index (χ0n) is 8.44. The highest BCUT2D eigenvalue weighted by Gasteiger charge is 2.19. The number of aliphatic carboxylic acids is 1. The fourth-order valence-corrected chi connectivity index (χ4v) is 2.95. The topological polar surface area (TPSA) is 50.4 Å². The van der Waals surface area contributed by atoms with Crippen LogP contribution in [-0.4, -0.2) is 22.6 Å². The normalized spacial score (nSPS) is 17.9. The third-order valence-corrected chi connectivity index (χ3v) is 3.68. The average Bonchev–Trinajstić information content (AvgIpc) is 2.67. The van der Waals surface area contributed by atoms with Crippen molar-refractivity contribution in [3.8, 4) is 0 Å². The molecular formula is C11H14O3S. The number of thioether (sulfide) groups is 1. The van der Waals surface area contributed by atoms with Gasteiger partial charge in [-0.2, -0.15) is 11.8 Å². The van der Waals surface area contributed by atoms with Gasteiger partial charge in [0.25, 0.3) is 0 Å². The molecule has 1 N–H and O–H groups in total. The molecule has 0 atom stereocenters. The Morgan fingerprint density at radius 3 is 2.87 bits per heavy atom. The Hall–Kier alpha value is -0.900. The van der Waals surface area contributed by atoms with E-state index in [1.165, 1.54) is 11.5 Å². The second-order valence-electron chi connectivity index (χ2n) is 3.76. The Morgan fingerprint density at radius 2 is 2.20 bits per heavy atom. The smallest absolute Gasteiger partial charge is 0.311 e. The van der Waals surface area contributed by atoms with E-state index in [1.54, 1.807) is 6.07 Å². The number of carbonyl (C=O) groups is 1. The van der Waals surface area contributed by atoms with Crippen molar-refractivity contribution >= 4 is 17.7 Å². The Labute approximate surface area is 92.9 Å². The maximum absolute atomic E-state index is 10.5. The Bertz CT molecular complexity index is 339. The summed E-state index contributed by atoms with van der Waals surface area (Å²) in [7, 11) is 0. The van der Waals surface area contributed by atoms with Crippen molar-refractivity contribution in [2.75, 3.05) is 11.5 Å². The third-order valence-electron chi connectivity index (χ3n) is 2.63. The van der Waals surface area contributed by atoms with Crippen molar-refractivity contribution in [1.29, 1.82) is 0 Å². The van der Waals surface area contributed by atoms with Crippen LogP contribution in [0.15, 0.2) is 16.5 Å². The molecular weight excluding hydrogens is 212 g/mol. The van der Waals surface area contributed by atoms with Gasteiger partial charge in [-0.15, -0.1) is 0 Å². The van der Waals surface area contributed by atoms with E-state index in [-0.39, 0.29) is 6.42 Å². The van der Waals surface area contributed by atoms with Gasteiger partial charge in [0, 0.05) is 5.92 Å². The third kappa shape index (κ3) is 2.78. The van der Waals surface area contributed by atoms with Gasteiger partial charge in [0.05, 0.1) is 0 Å². The molecule has 0 spiro atoms. The van der Waals surface area contributed by atoms with Gasteiger partial charge in [-0.25, -0.2) is 0 Å². The summed E-state index contributed by atoms with van der Waals surface area (Å²) < 4.78 is 5.54. The lowest BCUT2D eigenvalue weighted by molar-refractivity contribution is -0.136. The van der Waals surface area contributed by atoms with Crippen LogP contribution >= 0.6 is 11.8 Å². The lowest BCUT2D eigenvalue weighted by Crippen LogP contribution is -2.06. The van der Waals surface area contributed by atoms with Crippen molar-refractivity contribution in [3.05, 3.63) is 23.7 Å². The molecule has 1 fully saturated rings. The standard InChI is InChI=1S/C11H14O3S/c12-11(13)7-9-1-2-10(14-9)8-3-5-15-6-4-8/h1-2,8H,3-7H2,(H,12,13). The molecule has 2 rings (SSSR count). The molecule has 0 bridgehead atoms. The van der Waals surface area contributed by atoms with Gasteiger partial charge in [-0.3, -0.25) is 4.79 Å². The number of hydrogen-bond acceptors (Lipinski definition) is 3. The van der Waals surface area contributed by atoms with Crippen LogP contribution in [0.1, 0.15) is 30.3 Å². The van der Waals surface area contributed by atoms with E-state index < -0.39 is 5.97 Å². The second kappa shape index (κ2) is 4.75. The van der Waals surface area contributed by atoms with E-state index in [0.717, 1.165) is 18.6 Å². The van der Waals surface area contributed by atoms with E-state index >= 15 is 0 Å². The zero-order valence-corrected chi connectivity index (χ0v) is 9.26. The van der Waals surface area contributed by atoms with Crippen LogP contribution < -0.4 is 0 Å². The first-order valence-electron chi connectivity index (χ1n) is 5.14. The summed E-state index contributed by atoms with van der Waals surface area (Å²) in [4.78, 5) is 10.5. The molecule has 0 aliphatic carbocycles. The number of furan rings is 1. The molecule has 0 radical (unpaired) electrons. The van der Waals surface area contributed by atoms with Crippen LogP contribution in [-0.2, 0) is 11.2 Å². The highest BCUT2D eigenvalue weighted by Crippen LogP contribution is 2.32. The minimum Gasteiger partial charge on any atom is -0.481 e. The molecule has 15 heavy (non-hydrogen) atoms. The van der Waals surface area contributed by atoms with Gasteiger partial charge in [-0.05, 0) is 36.5 Å². The number of carboxylic acid groups (broad SMARTS) is 1. The van der Waals surface area contributed by atoms with E-state index in [0.29, 0.717) is 11.7 Å². The van der Waals surface area contributed by atoms with Crippen LogP contribution in [0.3, 0.4) is 0 Å². The molecule has 2 heterocycles. The predicted octanol–water partition coefficient (Wildman–Crippen LogP) is 2.52. The lowest BCUT2D eigenvalue weighted by atomic mass is 10.0. The maximum atomic E-state index is 10.5. The molecule has 0 unspecified atom stereocenters. The molecule has 0 saturated carbocycles. The maximum Gasteiger partial charge on any atom is 0.311 e. The van der Waals surface area contributed by atoms with Crippen LogP contribution in [0.4, 0.5) is 0 Å². The first-order valence-corrected chi connectivity index (χ1v) is 6.29. The number of carboxylic acids is 1. The highest BCUT2D eigenvalue weighted by atomic mass is 32.2. The van der Waals surface area contributed by atoms with Crippen molar-refractivity contribution in [2.24, 2.45) is 0 Å². The minimum absolute atomic E-state index is 0.0124. The van der Waals surface area contributed by atoms with E-state index in [9.17, 15) is 4.79 Å². The van der Waals surface area contributed by atoms with Gasteiger partial charge >= 0.3 is 5.97 Å². The summed E-state index contributed by atoms with van der Waals surface area (Å²) in [5.41, 5.74) is 0. The Kier molecular flexibility index (Phi) is 3.36. The molecule has 1 aromatic heterocycles. The molecule has 0 amide bonds. The molecule has 82 valence electrons. The summed E-state index contributed by atoms with van der Waals surface area (Å²) in [6.07, 6.45) is 2.27. The van der Waals surface area contributed by atoms with Crippen molar-refractivity contribution in [1.82, 2.24) is 0 Å². The van der Waals surface area contributed by atoms with Crippen molar-refractivity contribution < 1.29 is 14.3 Å². The number of hydrogen-bond donors (Lipinski definition) is 1. The molecule has 1 aliphatic heterocycles. The first-order chi connectivity index (χ1) is 7.25. The van der Waals surface area contributed by atoms with Gasteiger partial charge in [0.15, 0.2) is 0 Å². The predicted molar refractivity (Wildman–Crippen MR) is 59.3 cm³/mol. The lowest BCUT2D eigenvalue weighted by Gasteiger charge is -2.18. The zero-order chi connectivity index (χ0) is 10.7. The van der Waals surface area contributed by atoms with E-state index in [4.69, 9.17) is 9.52 Å². The molecule has 1 saturated heterocycles. The van der Waals surface area contributed by atoms with Crippen LogP contribution in [0.5, 0.6) is 0 Å². The fourth-order valence-electron chi connectivity index (χ4n) is 1.84. The van der Waals surface area contributed by atoms with Gasteiger partial charge in [-0.1, -0.05) is 0 Å². The van der Waals surface area contributed by atoms with Crippen LogP contribution in [0.2, 0.25) is 0 Å². The monoisotopic (exact) mass is 226 g/mol. The van der Waals surface area contributed by atoms with Gasteiger partial charge in [0.1, 0.15) is 17.9 Å². The quantitative estimate of drug-likeness (QED) is 0.860. The van der Waals surface area contributed by atoms with Crippen LogP contribution in [0.25, 0.3) is 0 Å². The molecule has 3 nitrogen and oxygen atoms in total. The molecule has 1 aliphatic rings. The SMILES string of the molecule is O=C(O)Cc1ccc(C2CCSCC2)o1. The Morgan fingerprint density at radius 1 is 1.47 bits per heavy atom. The number of rotatable bonds is 3. The van der Waals surface area contributed by atoms with E-state index in [2.05, 4.69) is 0 Å². The van der Waals surface area contributed by atoms with Crippen molar-refractivity contribution in [3.63, 3.8) is 0 Å². The summed E-state index contributed by atoms with van der Waals surface area (Å²) in [5.74, 6) is 3.55. The minimum atomic E-state index is -0.838. The molecule has 4 heteroatoms. The average molecular weight is 226 g/mol. The Balaban J connectivity index is 2.02. The summed E-state index contributed by atoms with van der Waals surface area (Å²) in [6, 6.07) is 3.71. The largest absolute Gasteiger partial charge is 0.481 e.